The van der Waals surface area contributed by atoms with Gasteiger partial charge in [0.05, 0.1) is 15.5 Å². The molecule has 0 saturated carbocycles. The second-order valence-electron chi connectivity index (χ2n) is 2.46. The standard InChI is InChI=1S/C8H5BrIN3/c9-7-2-1-5(3-11-7)8-6(10)4-12-13-8/h1-4H,(H,12,13). The van der Waals surface area contributed by atoms with E-state index in [0.29, 0.717) is 0 Å². The van der Waals surface area contributed by atoms with E-state index in [9.17, 15) is 0 Å². The molecule has 0 unspecified atom stereocenters. The van der Waals surface area contributed by atoms with Crippen LogP contribution in [0.3, 0.4) is 0 Å². The Morgan fingerprint density at radius 3 is 2.69 bits per heavy atom. The summed E-state index contributed by atoms with van der Waals surface area (Å²) >= 11 is 5.52. The average Bonchev–Trinajstić information content (AvgIpc) is 2.53. The van der Waals surface area contributed by atoms with Crippen LogP contribution in [0.1, 0.15) is 0 Å². The van der Waals surface area contributed by atoms with E-state index in [1.165, 1.54) is 0 Å². The number of halogens is 2. The summed E-state index contributed by atoms with van der Waals surface area (Å²) in [5.74, 6) is 0. The molecule has 0 aliphatic rings. The lowest BCUT2D eigenvalue weighted by Gasteiger charge is -1.97. The fourth-order valence-corrected chi connectivity index (χ4v) is 1.80. The molecule has 1 N–H and O–H groups in total. The molecule has 2 heterocycles. The summed E-state index contributed by atoms with van der Waals surface area (Å²) in [4.78, 5) is 4.14. The van der Waals surface area contributed by atoms with Gasteiger partial charge in [0.25, 0.3) is 0 Å². The highest BCUT2D eigenvalue weighted by molar-refractivity contribution is 14.1. The Hall–Kier alpha value is -0.430. The Bertz CT molecular complexity index is 410. The first-order valence-electron chi connectivity index (χ1n) is 3.58. The molecule has 0 atom stereocenters. The Kier molecular flexibility index (Phi) is 2.63. The molecule has 5 heteroatoms. The van der Waals surface area contributed by atoms with Crippen LogP contribution < -0.4 is 0 Å². The van der Waals surface area contributed by atoms with Crippen LogP contribution in [0.25, 0.3) is 11.3 Å². The second-order valence-corrected chi connectivity index (χ2v) is 4.44. The summed E-state index contributed by atoms with van der Waals surface area (Å²) in [7, 11) is 0. The number of nitrogens with one attached hydrogen (secondary N) is 1. The minimum absolute atomic E-state index is 0.839. The van der Waals surface area contributed by atoms with Crippen molar-refractivity contribution in [3.05, 3.63) is 32.7 Å². The maximum atomic E-state index is 4.14. The van der Waals surface area contributed by atoms with Crippen molar-refractivity contribution < 1.29 is 0 Å². The highest BCUT2D eigenvalue weighted by Crippen LogP contribution is 2.22. The van der Waals surface area contributed by atoms with Crippen LogP contribution in [0, 0.1) is 3.57 Å². The van der Waals surface area contributed by atoms with E-state index in [1.807, 2.05) is 12.1 Å². The van der Waals surface area contributed by atoms with E-state index in [4.69, 9.17) is 0 Å². The van der Waals surface area contributed by atoms with Crippen molar-refractivity contribution in [3.8, 4) is 11.3 Å². The van der Waals surface area contributed by atoms with Crippen LogP contribution in [0.2, 0.25) is 0 Å². The minimum atomic E-state index is 0.839. The number of rotatable bonds is 1. The summed E-state index contributed by atoms with van der Waals surface area (Å²) in [6, 6.07) is 3.90. The van der Waals surface area contributed by atoms with Gasteiger partial charge in [-0.1, -0.05) is 0 Å². The van der Waals surface area contributed by atoms with Crippen molar-refractivity contribution in [2.24, 2.45) is 0 Å². The van der Waals surface area contributed by atoms with Gasteiger partial charge in [-0.25, -0.2) is 4.98 Å². The van der Waals surface area contributed by atoms with Gasteiger partial charge in [0.2, 0.25) is 0 Å². The fraction of sp³-hybridized carbons (Fsp3) is 0. The van der Waals surface area contributed by atoms with E-state index in [2.05, 4.69) is 53.7 Å². The lowest BCUT2D eigenvalue weighted by molar-refractivity contribution is 1.09. The van der Waals surface area contributed by atoms with Crippen LogP contribution in [0.15, 0.2) is 29.1 Å². The molecule has 0 aromatic carbocycles. The van der Waals surface area contributed by atoms with Crippen LogP contribution in [0.5, 0.6) is 0 Å². The van der Waals surface area contributed by atoms with Gasteiger partial charge in [0, 0.05) is 11.8 Å². The zero-order valence-electron chi connectivity index (χ0n) is 6.46. The molecule has 66 valence electrons. The molecule has 13 heavy (non-hydrogen) atoms. The molecular formula is C8H5BrIN3. The number of aromatic amines is 1. The Morgan fingerprint density at radius 1 is 1.31 bits per heavy atom. The first-order chi connectivity index (χ1) is 6.27. The fourth-order valence-electron chi connectivity index (χ4n) is 0.998. The number of aromatic nitrogens is 3. The van der Waals surface area contributed by atoms with Crippen molar-refractivity contribution >= 4 is 38.5 Å². The van der Waals surface area contributed by atoms with E-state index in [0.717, 1.165) is 19.4 Å². The van der Waals surface area contributed by atoms with Gasteiger partial charge < -0.3 is 0 Å². The number of hydrogen-bond donors (Lipinski definition) is 1. The number of pyridine rings is 1. The zero-order chi connectivity index (χ0) is 9.26. The monoisotopic (exact) mass is 349 g/mol. The van der Waals surface area contributed by atoms with Gasteiger partial charge in [-0.3, -0.25) is 5.10 Å². The third-order valence-electron chi connectivity index (χ3n) is 1.61. The maximum absolute atomic E-state index is 4.14. The number of nitrogens with zero attached hydrogens (tertiary/aromatic N) is 2. The molecular weight excluding hydrogens is 345 g/mol. The Morgan fingerprint density at radius 2 is 2.15 bits per heavy atom. The molecule has 0 bridgehead atoms. The Labute approximate surface area is 97.2 Å². The number of H-pyrrole nitrogens is 1. The predicted octanol–water partition coefficient (Wildman–Crippen LogP) is 2.84. The van der Waals surface area contributed by atoms with E-state index in [1.54, 1.807) is 12.4 Å². The molecule has 2 aromatic heterocycles. The predicted molar refractivity (Wildman–Crippen MR) is 62.2 cm³/mol. The van der Waals surface area contributed by atoms with Crippen molar-refractivity contribution in [1.82, 2.24) is 15.2 Å². The van der Waals surface area contributed by atoms with Gasteiger partial charge in [-0.15, -0.1) is 0 Å². The first-order valence-corrected chi connectivity index (χ1v) is 5.45. The lowest BCUT2D eigenvalue weighted by atomic mass is 10.2. The molecule has 0 aliphatic heterocycles. The van der Waals surface area contributed by atoms with Crippen LogP contribution in [0.4, 0.5) is 0 Å². The molecule has 3 nitrogen and oxygen atoms in total. The summed E-state index contributed by atoms with van der Waals surface area (Å²) in [5, 5.41) is 6.88. The molecule has 0 spiro atoms. The van der Waals surface area contributed by atoms with E-state index < -0.39 is 0 Å². The molecule has 0 aliphatic carbocycles. The van der Waals surface area contributed by atoms with E-state index >= 15 is 0 Å². The normalized spacial score (nSPS) is 10.3. The first kappa shape index (κ1) is 9.14. The van der Waals surface area contributed by atoms with Crippen LogP contribution in [-0.2, 0) is 0 Å². The summed E-state index contributed by atoms with van der Waals surface area (Å²) < 4.78 is 1.94. The van der Waals surface area contributed by atoms with Crippen molar-refractivity contribution in [2.45, 2.75) is 0 Å². The summed E-state index contributed by atoms with van der Waals surface area (Å²) in [6.07, 6.45) is 3.59. The van der Waals surface area contributed by atoms with Gasteiger partial charge >= 0.3 is 0 Å². The quantitative estimate of drug-likeness (QED) is 0.635. The Balaban J connectivity index is 2.47. The zero-order valence-corrected chi connectivity index (χ0v) is 10.2. The minimum Gasteiger partial charge on any atom is -0.277 e. The molecule has 0 saturated heterocycles. The highest BCUT2D eigenvalue weighted by Gasteiger charge is 2.04. The molecule has 2 aromatic rings. The van der Waals surface area contributed by atoms with Crippen LogP contribution >= 0.6 is 38.5 Å². The highest BCUT2D eigenvalue weighted by atomic mass is 127. The number of hydrogen-bond acceptors (Lipinski definition) is 2. The van der Waals surface area contributed by atoms with E-state index in [-0.39, 0.29) is 0 Å². The van der Waals surface area contributed by atoms with Gasteiger partial charge in [0.1, 0.15) is 4.60 Å². The molecule has 0 radical (unpaired) electrons. The smallest absolute Gasteiger partial charge is 0.106 e. The molecule has 0 amide bonds. The maximum Gasteiger partial charge on any atom is 0.106 e. The van der Waals surface area contributed by atoms with Crippen LogP contribution in [-0.4, -0.2) is 15.2 Å². The summed E-state index contributed by atoms with van der Waals surface area (Å²) in [5.41, 5.74) is 2.06. The second kappa shape index (κ2) is 3.75. The van der Waals surface area contributed by atoms with Gasteiger partial charge in [-0.05, 0) is 50.7 Å². The third kappa shape index (κ3) is 1.91. The van der Waals surface area contributed by atoms with Crippen molar-refractivity contribution in [3.63, 3.8) is 0 Å². The largest absolute Gasteiger partial charge is 0.277 e. The van der Waals surface area contributed by atoms with Crippen molar-refractivity contribution in [1.29, 1.82) is 0 Å². The van der Waals surface area contributed by atoms with Crippen molar-refractivity contribution in [2.75, 3.05) is 0 Å². The SMILES string of the molecule is Brc1ccc(-c2[nH]ncc2I)cn1. The topological polar surface area (TPSA) is 41.6 Å². The third-order valence-corrected chi connectivity index (χ3v) is 2.90. The van der Waals surface area contributed by atoms with Gasteiger partial charge in [0.15, 0.2) is 0 Å². The molecule has 0 fully saturated rings. The lowest BCUT2D eigenvalue weighted by Crippen LogP contribution is -1.82. The average molecular weight is 350 g/mol. The molecule has 2 rings (SSSR count). The summed E-state index contributed by atoms with van der Waals surface area (Å²) in [6.45, 7) is 0. The van der Waals surface area contributed by atoms with Gasteiger partial charge in [-0.2, -0.15) is 5.10 Å².